The third kappa shape index (κ3) is 5.49. The van der Waals surface area contributed by atoms with Crippen molar-refractivity contribution in [2.45, 2.75) is 5.41 Å². The van der Waals surface area contributed by atoms with E-state index in [4.69, 9.17) is 8.83 Å². The highest BCUT2D eigenvalue weighted by Crippen LogP contribution is 2.67. The Balaban J connectivity index is 1.16. The number of hydrogen-bond acceptors (Lipinski definition) is 4. The lowest BCUT2D eigenvalue weighted by atomic mass is 9.70. The first-order valence-corrected chi connectivity index (χ1v) is 25.1. The molecule has 2 heterocycles. The van der Waals surface area contributed by atoms with Gasteiger partial charge in [-0.1, -0.05) is 164 Å². The molecule has 1 spiro atoms. The standard InChI is InChI=1S/C69H42N2O2/c1-5-21-43(22-6-1)70(44-23-7-2-8-24-44)60-41-58-66(55-39-54-50-32-16-19-35-62(50)72-64(54)40-53(55)60)65-52-38-37-51-49-31-15-20-36-63(49)73-68(51)67(52)61(71(45-25-9-3-10-26-45)46-27-11-4-12-28-46)42-59(65)69(58)56-33-17-13-29-47(56)48-30-14-18-34-57(48)69/h1-42H. The molecule has 0 radical (unpaired) electrons. The molecule has 73 heavy (non-hydrogen) atoms. The Hall–Kier alpha value is -9.64. The van der Waals surface area contributed by atoms with Crippen LogP contribution >= 0.6 is 0 Å². The van der Waals surface area contributed by atoms with Gasteiger partial charge in [0, 0.05) is 55.1 Å². The molecule has 0 fully saturated rings. The largest absolute Gasteiger partial charge is 0.456 e. The number of anilines is 6. The van der Waals surface area contributed by atoms with Crippen LogP contribution < -0.4 is 9.80 Å². The van der Waals surface area contributed by atoms with Crippen LogP contribution in [0.4, 0.5) is 34.1 Å². The quantitative estimate of drug-likeness (QED) is 0.166. The van der Waals surface area contributed by atoms with E-state index in [-0.39, 0.29) is 0 Å². The predicted octanol–water partition coefficient (Wildman–Crippen LogP) is 19.1. The highest BCUT2D eigenvalue weighted by atomic mass is 16.3. The molecule has 340 valence electrons. The van der Waals surface area contributed by atoms with Gasteiger partial charge in [-0.15, -0.1) is 0 Å². The molecule has 0 saturated carbocycles. The summed E-state index contributed by atoms with van der Waals surface area (Å²) in [5, 5.41) is 8.80. The summed E-state index contributed by atoms with van der Waals surface area (Å²) in [6.07, 6.45) is 0. The fourth-order valence-electron chi connectivity index (χ4n) is 12.9. The van der Waals surface area contributed by atoms with Gasteiger partial charge in [-0.3, -0.25) is 0 Å². The maximum absolute atomic E-state index is 7.19. The second kappa shape index (κ2) is 15.2. The lowest BCUT2D eigenvalue weighted by molar-refractivity contribution is 0.669. The Morgan fingerprint density at radius 3 is 1.29 bits per heavy atom. The summed E-state index contributed by atoms with van der Waals surface area (Å²) in [4.78, 5) is 4.88. The average molecular weight is 931 g/mol. The average Bonchev–Trinajstić information content (AvgIpc) is 4.19. The molecule has 2 aromatic heterocycles. The van der Waals surface area contributed by atoms with Crippen molar-refractivity contribution in [3.63, 3.8) is 0 Å². The van der Waals surface area contributed by atoms with Gasteiger partial charge in [0.05, 0.1) is 16.8 Å². The van der Waals surface area contributed by atoms with Crippen LogP contribution in [0.2, 0.25) is 0 Å². The topological polar surface area (TPSA) is 32.8 Å². The Labute approximate surface area is 420 Å². The molecule has 14 aromatic rings. The van der Waals surface area contributed by atoms with Gasteiger partial charge in [-0.25, -0.2) is 0 Å². The summed E-state index contributed by atoms with van der Waals surface area (Å²) >= 11 is 0. The first-order valence-electron chi connectivity index (χ1n) is 25.1. The van der Waals surface area contributed by atoms with Crippen molar-refractivity contribution in [2.24, 2.45) is 0 Å². The predicted molar refractivity (Wildman–Crippen MR) is 302 cm³/mol. The second-order valence-corrected chi connectivity index (χ2v) is 19.4. The minimum absolute atomic E-state index is 0.752. The summed E-state index contributed by atoms with van der Waals surface area (Å²) in [5.41, 5.74) is 19.0. The summed E-state index contributed by atoms with van der Waals surface area (Å²) in [6, 6.07) is 92.9. The van der Waals surface area contributed by atoms with E-state index in [1.54, 1.807) is 0 Å². The fraction of sp³-hybridized carbons (Fsp3) is 0.0145. The van der Waals surface area contributed by atoms with Gasteiger partial charge < -0.3 is 18.6 Å². The summed E-state index contributed by atoms with van der Waals surface area (Å²) < 4.78 is 14.0. The van der Waals surface area contributed by atoms with E-state index in [0.29, 0.717) is 0 Å². The van der Waals surface area contributed by atoms with Gasteiger partial charge in [0.15, 0.2) is 0 Å². The Morgan fingerprint density at radius 2 is 0.712 bits per heavy atom. The molecule has 2 aliphatic rings. The van der Waals surface area contributed by atoms with Crippen LogP contribution in [-0.2, 0) is 5.41 Å². The van der Waals surface area contributed by atoms with E-state index in [9.17, 15) is 0 Å². The number of rotatable bonds is 6. The smallest absolute Gasteiger partial charge is 0.145 e. The third-order valence-electron chi connectivity index (χ3n) is 15.8. The van der Waals surface area contributed by atoms with Crippen LogP contribution in [0.1, 0.15) is 22.3 Å². The van der Waals surface area contributed by atoms with Crippen molar-refractivity contribution in [3.8, 4) is 22.3 Å². The third-order valence-corrected chi connectivity index (χ3v) is 15.8. The molecule has 0 atom stereocenters. The Kier molecular flexibility index (Phi) is 8.35. The Bertz CT molecular complexity index is 4430. The van der Waals surface area contributed by atoms with Crippen molar-refractivity contribution in [3.05, 3.63) is 277 Å². The van der Waals surface area contributed by atoms with E-state index < -0.39 is 5.41 Å². The van der Waals surface area contributed by atoms with E-state index in [1.165, 1.54) is 44.5 Å². The SMILES string of the molecule is c1ccc(N(c2ccccc2)c2cc3c(c4cc5c(cc24)oc2ccccc25)-c2c(cc(N(c4ccccc4)c4ccccc4)c4c2ccc2c5ccccc5oc24)C32c3ccccc3-c3ccccc32)cc1. The van der Waals surface area contributed by atoms with Gasteiger partial charge in [0.1, 0.15) is 22.3 Å². The molecule has 0 aliphatic heterocycles. The number of nitrogens with zero attached hydrogens (tertiary/aromatic N) is 2. The van der Waals surface area contributed by atoms with Crippen LogP contribution in [-0.4, -0.2) is 0 Å². The first kappa shape index (κ1) is 40.1. The van der Waals surface area contributed by atoms with Gasteiger partial charge in [0.25, 0.3) is 0 Å². The zero-order valence-electron chi connectivity index (χ0n) is 39.5. The molecular weight excluding hydrogens is 889 g/mol. The van der Waals surface area contributed by atoms with Gasteiger partial charge in [-0.05, 0) is 146 Å². The molecule has 0 saturated heterocycles. The zero-order valence-corrected chi connectivity index (χ0v) is 39.5. The Morgan fingerprint density at radius 1 is 0.274 bits per heavy atom. The number of benzene rings is 12. The van der Waals surface area contributed by atoms with Crippen LogP contribution in [0.3, 0.4) is 0 Å². The highest BCUT2D eigenvalue weighted by Gasteiger charge is 2.53. The van der Waals surface area contributed by atoms with Crippen molar-refractivity contribution in [2.75, 3.05) is 9.80 Å². The maximum Gasteiger partial charge on any atom is 0.145 e. The maximum atomic E-state index is 7.19. The lowest BCUT2D eigenvalue weighted by Gasteiger charge is -2.34. The zero-order chi connectivity index (χ0) is 47.8. The molecule has 16 rings (SSSR count). The van der Waals surface area contributed by atoms with Crippen molar-refractivity contribution < 1.29 is 8.83 Å². The van der Waals surface area contributed by atoms with E-state index >= 15 is 0 Å². The minimum atomic E-state index is -0.752. The molecule has 0 N–H and O–H groups in total. The van der Waals surface area contributed by atoms with Crippen LogP contribution in [0.5, 0.6) is 0 Å². The van der Waals surface area contributed by atoms with Crippen LogP contribution in [0.25, 0.3) is 87.7 Å². The molecule has 0 unspecified atom stereocenters. The number of fused-ring (bicyclic) bond motifs is 21. The normalized spacial score (nSPS) is 13.0. The van der Waals surface area contributed by atoms with Crippen LogP contribution in [0.15, 0.2) is 264 Å². The van der Waals surface area contributed by atoms with Crippen molar-refractivity contribution in [1.29, 1.82) is 0 Å². The van der Waals surface area contributed by atoms with E-state index in [0.717, 1.165) is 99.5 Å². The van der Waals surface area contributed by atoms with Crippen molar-refractivity contribution in [1.82, 2.24) is 0 Å². The van der Waals surface area contributed by atoms with E-state index in [2.05, 4.69) is 265 Å². The monoisotopic (exact) mass is 930 g/mol. The van der Waals surface area contributed by atoms with Crippen molar-refractivity contribution >= 4 is 99.5 Å². The highest BCUT2D eigenvalue weighted by molar-refractivity contribution is 6.27. The molecular formula is C69H42N2O2. The lowest BCUT2D eigenvalue weighted by Crippen LogP contribution is -2.26. The summed E-state index contributed by atoms with van der Waals surface area (Å²) in [6.45, 7) is 0. The first-order chi connectivity index (χ1) is 36.2. The number of hydrogen-bond donors (Lipinski definition) is 0. The van der Waals surface area contributed by atoms with Gasteiger partial charge in [0.2, 0.25) is 0 Å². The molecule has 12 aromatic carbocycles. The summed E-state index contributed by atoms with van der Waals surface area (Å²) in [7, 11) is 0. The number of para-hydroxylation sites is 6. The van der Waals surface area contributed by atoms with E-state index in [1.807, 2.05) is 0 Å². The second-order valence-electron chi connectivity index (χ2n) is 19.4. The molecule has 2 aliphatic carbocycles. The molecule has 4 nitrogen and oxygen atoms in total. The summed E-state index contributed by atoms with van der Waals surface area (Å²) in [5.74, 6) is 0. The minimum Gasteiger partial charge on any atom is -0.456 e. The fourth-order valence-corrected chi connectivity index (χ4v) is 12.9. The molecule has 4 heteroatoms. The van der Waals surface area contributed by atoms with Gasteiger partial charge >= 0.3 is 0 Å². The molecule has 0 bridgehead atoms. The van der Waals surface area contributed by atoms with Gasteiger partial charge in [-0.2, -0.15) is 0 Å². The van der Waals surface area contributed by atoms with Crippen LogP contribution in [0, 0.1) is 0 Å². The number of furan rings is 2. The molecule has 0 amide bonds.